The van der Waals surface area contributed by atoms with Crippen LogP contribution in [0.3, 0.4) is 0 Å². The lowest BCUT2D eigenvalue weighted by atomic mass is 9.96. The number of allylic oxidation sites excluding steroid dienone is 6. The van der Waals surface area contributed by atoms with Crippen molar-refractivity contribution in [3.05, 3.63) is 58.7 Å². The summed E-state index contributed by atoms with van der Waals surface area (Å²) in [5.74, 6) is 0.957. The fraction of sp³-hybridized carbons (Fsp3) is 0.629. The largest absolute Gasteiger partial charge is 0.371 e. The highest BCUT2D eigenvalue weighted by Crippen LogP contribution is 2.27. The van der Waals surface area contributed by atoms with Gasteiger partial charge in [-0.25, -0.2) is 4.39 Å². The number of hydrogen-bond acceptors (Lipinski definition) is 4. The van der Waals surface area contributed by atoms with Gasteiger partial charge in [-0.05, 0) is 93.7 Å². The second kappa shape index (κ2) is 22.2. The first-order chi connectivity index (χ1) is 19.1. The fourth-order valence-corrected chi connectivity index (χ4v) is 4.32. The maximum Gasteiger partial charge on any atom is 0.149 e. The van der Waals surface area contributed by atoms with Gasteiger partial charge in [0.2, 0.25) is 0 Å². The molecule has 2 heterocycles. The summed E-state index contributed by atoms with van der Waals surface area (Å²) in [4.78, 5) is 20.9. The van der Waals surface area contributed by atoms with E-state index in [4.69, 9.17) is 0 Å². The second-order valence-corrected chi connectivity index (χ2v) is 10.9. The van der Waals surface area contributed by atoms with E-state index in [-0.39, 0.29) is 11.6 Å². The van der Waals surface area contributed by atoms with E-state index >= 15 is 0 Å². The number of halogens is 1. The van der Waals surface area contributed by atoms with E-state index in [9.17, 15) is 9.18 Å². The molecule has 40 heavy (non-hydrogen) atoms. The molecule has 0 aromatic carbocycles. The Morgan fingerprint density at radius 1 is 1.07 bits per heavy atom. The van der Waals surface area contributed by atoms with Crippen molar-refractivity contribution in [2.24, 2.45) is 10.9 Å². The molecular formula is C35H58FN3O. The molecule has 0 atom stereocenters. The summed E-state index contributed by atoms with van der Waals surface area (Å²) in [6, 6.07) is 2.18. The van der Waals surface area contributed by atoms with Crippen LogP contribution in [0.25, 0.3) is 0 Å². The summed E-state index contributed by atoms with van der Waals surface area (Å²) < 4.78 is 13.5. The third-order valence-electron chi connectivity index (χ3n) is 6.84. The number of carbonyl (C=O) groups is 1. The van der Waals surface area contributed by atoms with Crippen LogP contribution in [0.15, 0.2) is 52.5 Å². The number of anilines is 1. The van der Waals surface area contributed by atoms with Crippen molar-refractivity contribution < 1.29 is 9.18 Å². The first-order valence-electron chi connectivity index (χ1n) is 15.5. The molecule has 1 aliphatic heterocycles. The zero-order valence-electron chi connectivity index (χ0n) is 27.4. The average molecular weight is 556 g/mol. The van der Waals surface area contributed by atoms with Crippen LogP contribution in [0, 0.1) is 12.8 Å². The Hall–Kier alpha value is -2.56. The molecule has 0 radical (unpaired) electrons. The quantitative estimate of drug-likeness (QED) is 0.321. The summed E-state index contributed by atoms with van der Waals surface area (Å²) in [6.45, 7) is 21.1. The van der Waals surface area contributed by atoms with E-state index in [0.29, 0.717) is 5.71 Å². The third kappa shape index (κ3) is 14.7. The lowest BCUT2D eigenvalue weighted by Gasteiger charge is -2.22. The topological polar surface area (TPSA) is 45.6 Å². The van der Waals surface area contributed by atoms with Crippen LogP contribution in [0.1, 0.15) is 118 Å². The first kappa shape index (κ1) is 37.4. The van der Waals surface area contributed by atoms with Gasteiger partial charge in [-0.15, -0.1) is 0 Å². The first-order valence-corrected chi connectivity index (χ1v) is 15.5. The van der Waals surface area contributed by atoms with Gasteiger partial charge in [0.1, 0.15) is 11.6 Å². The van der Waals surface area contributed by atoms with Crippen LogP contribution in [0.5, 0.6) is 0 Å². The number of aryl methyl sites for hydroxylation is 1. The molecule has 1 aromatic heterocycles. The number of nitrogens with zero attached hydrogens (tertiary/aromatic N) is 3. The highest BCUT2D eigenvalue weighted by molar-refractivity contribution is 6.14. The van der Waals surface area contributed by atoms with Gasteiger partial charge in [-0.3, -0.25) is 9.98 Å². The van der Waals surface area contributed by atoms with Crippen LogP contribution >= 0.6 is 0 Å². The van der Waals surface area contributed by atoms with Crippen LogP contribution in [0.2, 0.25) is 0 Å². The second-order valence-electron chi connectivity index (χ2n) is 10.9. The normalized spacial score (nSPS) is 16.4. The Bertz CT molecular complexity index is 982. The minimum atomic E-state index is -0.216. The molecule has 5 heteroatoms. The standard InChI is InChI=1S/C13H20N2.C12H16FN.C5H10O.C5H12/c1-3-6-12-11(2)14-8-7-13(12)15-9-4-5-10-15;1-4-6-9-7-10(5-2)12(14-3)11(13)8-9;1-3-4-5(2)6;1-4-5(2)3/h7-8H,3-6,9-10H2,1-2H3;5,7-8H,4,6H2,1-3H3;3-4H2,1-2H3;5H,4H2,1-3H3/b;10-5-,14-12?;;. The fourth-order valence-electron chi connectivity index (χ4n) is 4.32. The van der Waals surface area contributed by atoms with E-state index in [0.717, 1.165) is 49.2 Å². The third-order valence-corrected chi connectivity index (χ3v) is 6.84. The van der Waals surface area contributed by atoms with E-state index in [1.807, 2.05) is 32.2 Å². The lowest BCUT2D eigenvalue weighted by molar-refractivity contribution is -0.117. The smallest absolute Gasteiger partial charge is 0.149 e. The van der Waals surface area contributed by atoms with E-state index < -0.39 is 0 Å². The Balaban J connectivity index is 0.000000562. The van der Waals surface area contributed by atoms with Gasteiger partial charge >= 0.3 is 0 Å². The van der Waals surface area contributed by atoms with Crippen LogP contribution in [0.4, 0.5) is 10.1 Å². The number of aromatic nitrogens is 1. The van der Waals surface area contributed by atoms with Gasteiger partial charge in [0.05, 0.1) is 5.71 Å². The molecular weight excluding hydrogens is 497 g/mol. The number of pyridine rings is 1. The monoisotopic (exact) mass is 555 g/mol. The van der Waals surface area contributed by atoms with Gasteiger partial charge < -0.3 is 9.69 Å². The highest BCUT2D eigenvalue weighted by Gasteiger charge is 2.17. The molecule has 1 fully saturated rings. The van der Waals surface area contributed by atoms with Crippen LogP contribution < -0.4 is 4.90 Å². The van der Waals surface area contributed by atoms with Gasteiger partial charge in [-0.1, -0.05) is 66.9 Å². The number of rotatable bonds is 8. The molecule has 2 aliphatic rings. The molecule has 1 saturated heterocycles. The number of aliphatic imine (C=N–C) groups is 1. The zero-order valence-corrected chi connectivity index (χ0v) is 27.4. The van der Waals surface area contributed by atoms with E-state index in [1.165, 1.54) is 55.7 Å². The minimum absolute atomic E-state index is 0.216. The summed E-state index contributed by atoms with van der Waals surface area (Å²) >= 11 is 0. The maximum atomic E-state index is 13.5. The minimum Gasteiger partial charge on any atom is -0.371 e. The number of carbonyl (C=O) groups excluding carboxylic acids is 1. The Kier molecular flexibility index (Phi) is 20.7. The summed E-state index contributed by atoms with van der Waals surface area (Å²) in [5, 5.41) is 0. The molecule has 0 unspecified atom stereocenters. The number of ketones is 1. The molecule has 1 aromatic rings. The summed E-state index contributed by atoms with van der Waals surface area (Å²) in [6.07, 6.45) is 17.4. The Labute approximate surface area is 246 Å². The van der Waals surface area contributed by atoms with E-state index in [1.54, 1.807) is 20.0 Å². The van der Waals surface area contributed by atoms with E-state index in [2.05, 4.69) is 62.5 Å². The predicted octanol–water partition coefficient (Wildman–Crippen LogP) is 9.97. The number of Topliss-reactive ketones (excluding diaryl/α,β-unsaturated/α-hetero) is 1. The molecule has 226 valence electrons. The molecule has 0 N–H and O–H groups in total. The van der Waals surface area contributed by atoms with Crippen molar-refractivity contribution in [1.82, 2.24) is 4.98 Å². The average Bonchev–Trinajstić information content (AvgIpc) is 3.46. The van der Waals surface area contributed by atoms with Crippen molar-refractivity contribution in [1.29, 1.82) is 0 Å². The molecule has 0 spiro atoms. The van der Waals surface area contributed by atoms with Crippen molar-refractivity contribution >= 4 is 17.2 Å². The van der Waals surface area contributed by atoms with Crippen LogP contribution in [-0.2, 0) is 11.2 Å². The van der Waals surface area contributed by atoms with Crippen molar-refractivity contribution in [2.75, 3.05) is 25.0 Å². The molecule has 0 bridgehead atoms. The van der Waals surface area contributed by atoms with Crippen molar-refractivity contribution in [2.45, 2.75) is 120 Å². The molecule has 3 rings (SSSR count). The van der Waals surface area contributed by atoms with Gasteiger partial charge in [0.15, 0.2) is 0 Å². The zero-order chi connectivity index (χ0) is 30.5. The molecule has 4 nitrogen and oxygen atoms in total. The number of hydrogen-bond donors (Lipinski definition) is 0. The SMILES string of the molecule is C/C=C1/C=C(CCC)C=C(F)C1=NC.CCC(C)C.CCCC(C)=O.CCCc1c(N2CCCC2)ccnc1C. The van der Waals surface area contributed by atoms with Crippen molar-refractivity contribution in [3.8, 4) is 0 Å². The highest BCUT2D eigenvalue weighted by atomic mass is 19.1. The van der Waals surface area contributed by atoms with Gasteiger partial charge in [-0.2, -0.15) is 0 Å². The van der Waals surface area contributed by atoms with Crippen LogP contribution in [-0.4, -0.2) is 36.6 Å². The lowest BCUT2D eigenvalue weighted by Crippen LogP contribution is -2.20. The Morgan fingerprint density at radius 2 is 1.68 bits per heavy atom. The maximum absolute atomic E-state index is 13.5. The summed E-state index contributed by atoms with van der Waals surface area (Å²) in [7, 11) is 1.62. The molecule has 0 saturated carbocycles. The van der Waals surface area contributed by atoms with Gasteiger partial charge in [0, 0.05) is 44.1 Å². The van der Waals surface area contributed by atoms with Crippen molar-refractivity contribution in [3.63, 3.8) is 0 Å². The summed E-state index contributed by atoms with van der Waals surface area (Å²) in [5.41, 5.74) is 6.50. The molecule has 1 aliphatic carbocycles. The predicted molar refractivity (Wildman–Crippen MR) is 174 cm³/mol. The Morgan fingerprint density at radius 3 is 2.10 bits per heavy atom. The molecule has 0 amide bonds. The van der Waals surface area contributed by atoms with Gasteiger partial charge in [0.25, 0.3) is 0 Å².